The van der Waals surface area contributed by atoms with Crippen molar-refractivity contribution in [2.24, 2.45) is 5.92 Å². The van der Waals surface area contributed by atoms with Crippen molar-refractivity contribution in [3.8, 4) is 0 Å². The van der Waals surface area contributed by atoms with Gasteiger partial charge in [0.1, 0.15) is 11.2 Å². The summed E-state index contributed by atoms with van der Waals surface area (Å²) in [6.07, 6.45) is 3.24. The van der Waals surface area contributed by atoms with E-state index in [1.165, 1.54) is 0 Å². The number of rotatable bonds is 2. The minimum atomic E-state index is -3.05. The van der Waals surface area contributed by atoms with E-state index in [-0.39, 0.29) is 22.2 Å². The lowest BCUT2D eigenvalue weighted by molar-refractivity contribution is 0.0895. The largest absolute Gasteiger partial charge is 0.455 e. The van der Waals surface area contributed by atoms with Crippen LogP contribution in [0.15, 0.2) is 46.9 Å². The number of ketones is 1. The monoisotopic (exact) mass is 368 g/mol. The predicted molar refractivity (Wildman–Crippen MR) is 101 cm³/mol. The zero-order valence-corrected chi connectivity index (χ0v) is 15.2. The van der Waals surface area contributed by atoms with Gasteiger partial charge in [-0.05, 0) is 37.8 Å². The van der Waals surface area contributed by atoms with Crippen LogP contribution in [-0.2, 0) is 9.84 Å². The van der Waals surface area contributed by atoms with Crippen molar-refractivity contribution in [2.75, 3.05) is 0 Å². The van der Waals surface area contributed by atoms with Gasteiger partial charge in [-0.1, -0.05) is 36.8 Å². The molecular formula is C21H20O4S. The zero-order valence-electron chi connectivity index (χ0n) is 14.4. The number of para-hydroxylation sites is 2. The molecule has 3 aromatic rings. The third kappa shape index (κ3) is 2.26. The molecule has 0 spiro atoms. The molecule has 0 N–H and O–H groups in total. The molecule has 5 rings (SSSR count). The maximum Gasteiger partial charge on any atom is 0.169 e. The van der Waals surface area contributed by atoms with Crippen molar-refractivity contribution in [3.05, 3.63) is 48.0 Å². The van der Waals surface area contributed by atoms with Gasteiger partial charge in [-0.15, -0.1) is 0 Å². The van der Waals surface area contributed by atoms with E-state index in [9.17, 15) is 13.2 Å². The number of carbonyl (C=O) groups is 1. The van der Waals surface area contributed by atoms with Crippen LogP contribution < -0.4 is 0 Å². The number of fused-ring (bicyclic) bond motifs is 5. The van der Waals surface area contributed by atoms with Crippen LogP contribution in [0.25, 0.3) is 21.9 Å². The number of sulfone groups is 1. The molecule has 0 radical (unpaired) electrons. The summed E-state index contributed by atoms with van der Waals surface area (Å²) >= 11 is 0. The summed E-state index contributed by atoms with van der Waals surface area (Å²) in [4.78, 5) is 13.3. The van der Waals surface area contributed by atoms with Crippen molar-refractivity contribution >= 4 is 37.6 Å². The van der Waals surface area contributed by atoms with Crippen LogP contribution in [0.1, 0.15) is 42.5 Å². The third-order valence-electron chi connectivity index (χ3n) is 6.12. The van der Waals surface area contributed by atoms with Crippen molar-refractivity contribution in [1.29, 1.82) is 0 Å². The van der Waals surface area contributed by atoms with Crippen molar-refractivity contribution in [1.82, 2.24) is 0 Å². The fraction of sp³-hybridized carbons (Fsp3) is 0.381. The van der Waals surface area contributed by atoms with Crippen LogP contribution in [0.2, 0.25) is 0 Å². The van der Waals surface area contributed by atoms with E-state index in [1.54, 1.807) is 0 Å². The smallest absolute Gasteiger partial charge is 0.169 e. The van der Waals surface area contributed by atoms with Gasteiger partial charge < -0.3 is 4.42 Å². The van der Waals surface area contributed by atoms with Gasteiger partial charge in [0.15, 0.2) is 15.6 Å². The quantitative estimate of drug-likeness (QED) is 0.624. The molecule has 2 aromatic carbocycles. The van der Waals surface area contributed by atoms with E-state index in [2.05, 4.69) is 0 Å². The molecule has 2 fully saturated rings. The fourth-order valence-corrected chi connectivity index (χ4v) is 7.32. The summed E-state index contributed by atoms with van der Waals surface area (Å²) in [5, 5.41) is 1.24. The Hall–Kier alpha value is -2.14. The molecule has 26 heavy (non-hydrogen) atoms. The van der Waals surface area contributed by atoms with E-state index >= 15 is 0 Å². The van der Waals surface area contributed by atoms with Gasteiger partial charge in [-0.25, -0.2) is 8.42 Å². The third-order valence-corrected chi connectivity index (χ3v) is 8.83. The summed E-state index contributed by atoms with van der Waals surface area (Å²) in [5.41, 5.74) is 1.98. The number of benzene rings is 2. The highest BCUT2D eigenvalue weighted by Gasteiger charge is 2.46. The summed E-state index contributed by atoms with van der Waals surface area (Å²) in [5.74, 6) is -0.200. The Bertz CT molecular complexity index is 1110. The Kier molecular flexibility index (Phi) is 3.51. The molecule has 2 aliphatic heterocycles. The molecule has 134 valence electrons. The van der Waals surface area contributed by atoms with Gasteiger partial charge in [0.25, 0.3) is 0 Å². The summed E-state index contributed by atoms with van der Waals surface area (Å²) < 4.78 is 31.0. The summed E-state index contributed by atoms with van der Waals surface area (Å²) in [7, 11) is -3.05. The molecule has 2 atom stereocenters. The van der Waals surface area contributed by atoms with Gasteiger partial charge in [0.2, 0.25) is 0 Å². The lowest BCUT2D eigenvalue weighted by Gasteiger charge is -2.38. The Labute approximate surface area is 152 Å². The van der Waals surface area contributed by atoms with E-state index < -0.39 is 9.84 Å². The first-order chi connectivity index (χ1) is 12.6. The number of Topliss-reactive ketones (excluding diaryl/α,β-unsaturated/α-hetero) is 1. The second-order valence-corrected chi connectivity index (χ2v) is 10.1. The van der Waals surface area contributed by atoms with Gasteiger partial charge in [-0.3, -0.25) is 4.79 Å². The average molecular weight is 368 g/mol. The van der Waals surface area contributed by atoms with Crippen LogP contribution in [0.3, 0.4) is 0 Å². The van der Waals surface area contributed by atoms with Crippen molar-refractivity contribution in [3.63, 3.8) is 0 Å². The van der Waals surface area contributed by atoms with Gasteiger partial charge in [-0.2, -0.15) is 0 Å². The number of hydrogen-bond acceptors (Lipinski definition) is 4. The molecule has 0 amide bonds. The van der Waals surface area contributed by atoms with Gasteiger partial charge in [0, 0.05) is 16.7 Å². The molecule has 3 heterocycles. The number of furan rings is 1. The normalized spacial score (nSPS) is 27.6. The van der Waals surface area contributed by atoms with E-state index in [1.807, 2.05) is 42.5 Å². The first-order valence-corrected chi connectivity index (χ1v) is 10.8. The van der Waals surface area contributed by atoms with Crippen LogP contribution in [-0.4, -0.2) is 24.7 Å². The topological polar surface area (TPSA) is 64.3 Å². The fourth-order valence-electron chi connectivity index (χ4n) is 4.78. The minimum Gasteiger partial charge on any atom is -0.455 e. The lowest BCUT2D eigenvalue weighted by atomic mass is 9.84. The maximum absolute atomic E-state index is 13.3. The molecule has 2 aliphatic rings. The van der Waals surface area contributed by atoms with Crippen molar-refractivity contribution in [2.45, 2.75) is 42.6 Å². The molecule has 4 nitrogen and oxygen atoms in total. The molecule has 1 aromatic heterocycles. The van der Waals surface area contributed by atoms with E-state index in [0.717, 1.165) is 22.8 Å². The number of hydrogen-bond donors (Lipinski definition) is 0. The second kappa shape index (κ2) is 5.68. The second-order valence-electron chi connectivity index (χ2n) is 7.58. The highest BCUT2D eigenvalue weighted by atomic mass is 32.2. The summed E-state index contributed by atoms with van der Waals surface area (Å²) in [6.45, 7) is 0. The highest BCUT2D eigenvalue weighted by molar-refractivity contribution is 7.92. The first kappa shape index (κ1) is 16.1. The van der Waals surface area contributed by atoms with Crippen LogP contribution >= 0.6 is 0 Å². The molecule has 0 aliphatic carbocycles. The SMILES string of the molecule is O=C(c1cccc2c1oc1ccccc12)C1CC2CCCC(C1)S2(=O)=O. The predicted octanol–water partition coefficient (Wildman–Crippen LogP) is 4.51. The van der Waals surface area contributed by atoms with Crippen LogP contribution in [0.5, 0.6) is 0 Å². The van der Waals surface area contributed by atoms with Crippen molar-refractivity contribution < 1.29 is 17.6 Å². The molecule has 2 bridgehead atoms. The lowest BCUT2D eigenvalue weighted by Crippen LogP contribution is -2.45. The van der Waals surface area contributed by atoms with Crippen LogP contribution in [0, 0.1) is 5.92 Å². The van der Waals surface area contributed by atoms with Gasteiger partial charge in [0.05, 0.1) is 16.1 Å². The molecule has 2 saturated heterocycles. The maximum atomic E-state index is 13.3. The summed E-state index contributed by atoms with van der Waals surface area (Å²) in [6, 6.07) is 13.4. The van der Waals surface area contributed by atoms with Gasteiger partial charge >= 0.3 is 0 Å². The van der Waals surface area contributed by atoms with E-state index in [4.69, 9.17) is 4.42 Å². The average Bonchev–Trinajstić information content (AvgIpc) is 2.99. The first-order valence-electron chi connectivity index (χ1n) is 9.23. The zero-order chi connectivity index (χ0) is 17.9. The Morgan fingerprint density at radius 3 is 2.38 bits per heavy atom. The molecular weight excluding hydrogens is 348 g/mol. The highest BCUT2D eigenvalue weighted by Crippen LogP contribution is 2.41. The van der Waals surface area contributed by atoms with E-state index in [0.29, 0.717) is 36.8 Å². The Morgan fingerprint density at radius 2 is 1.62 bits per heavy atom. The Morgan fingerprint density at radius 1 is 0.923 bits per heavy atom. The molecule has 0 saturated carbocycles. The molecule has 2 unspecified atom stereocenters. The Balaban J connectivity index is 1.57. The standard InChI is InChI=1S/C21H20O4S/c22-20(13-11-14-5-3-6-15(12-13)26(14,23)24)18-9-4-8-17-16-7-1-2-10-19(16)25-21(17)18/h1-2,4,7-10,13-15H,3,5-6,11-12H2. The number of carbonyl (C=O) groups excluding carboxylic acids is 1. The minimum absolute atomic E-state index is 0.0291. The van der Waals surface area contributed by atoms with Crippen LogP contribution in [0.4, 0.5) is 0 Å². The molecule has 5 heteroatoms.